The topological polar surface area (TPSA) is 108 Å². The van der Waals surface area contributed by atoms with E-state index >= 15 is 0 Å². The molecule has 8 nitrogen and oxygen atoms in total. The fourth-order valence-corrected chi connectivity index (χ4v) is 3.66. The number of aryl methyl sites for hydroxylation is 1. The number of aromatic carboxylic acids is 1. The minimum absolute atomic E-state index is 0.120. The fraction of sp³-hybridized carbons (Fsp3) is 0.143. The molecule has 4 rings (SSSR count). The Morgan fingerprint density at radius 2 is 1.72 bits per heavy atom. The van der Waals surface area contributed by atoms with Crippen molar-refractivity contribution in [2.75, 3.05) is 16.9 Å². The summed E-state index contributed by atoms with van der Waals surface area (Å²) in [5, 5.41) is 17.5. The van der Waals surface area contributed by atoms with E-state index in [2.05, 4.69) is 17.3 Å². The Kier molecular flexibility index (Phi) is 7.25. The number of benzene rings is 3. The number of anilines is 2. The molecule has 1 heterocycles. The summed E-state index contributed by atoms with van der Waals surface area (Å²) >= 11 is 0. The summed E-state index contributed by atoms with van der Waals surface area (Å²) < 4.78 is 5.77. The Labute approximate surface area is 208 Å². The van der Waals surface area contributed by atoms with Gasteiger partial charge in [-0.1, -0.05) is 37.3 Å². The van der Waals surface area contributed by atoms with Gasteiger partial charge in [0.1, 0.15) is 5.75 Å². The molecule has 1 aliphatic heterocycles. The van der Waals surface area contributed by atoms with E-state index in [9.17, 15) is 14.4 Å². The van der Waals surface area contributed by atoms with Crippen LogP contribution < -0.4 is 15.1 Å². The van der Waals surface area contributed by atoms with Crippen LogP contribution >= 0.6 is 0 Å². The Balaban J connectivity index is 1.46. The Hall–Kier alpha value is -4.72. The van der Waals surface area contributed by atoms with Crippen molar-refractivity contribution in [3.8, 4) is 5.75 Å². The highest BCUT2D eigenvalue weighted by Crippen LogP contribution is 2.28. The fourth-order valence-electron chi connectivity index (χ4n) is 3.66. The quantitative estimate of drug-likeness (QED) is 0.449. The summed E-state index contributed by atoms with van der Waals surface area (Å²) in [5.74, 6) is -1.24. The number of hydrazone groups is 1. The van der Waals surface area contributed by atoms with Crippen LogP contribution in [0.2, 0.25) is 0 Å². The maximum Gasteiger partial charge on any atom is 0.335 e. The zero-order chi connectivity index (χ0) is 25.7. The van der Waals surface area contributed by atoms with Gasteiger partial charge in [-0.05, 0) is 67.4 Å². The first kappa shape index (κ1) is 24.4. The number of hydrogen-bond donors (Lipinski definition) is 2. The minimum Gasteiger partial charge on any atom is -0.483 e. The van der Waals surface area contributed by atoms with Crippen LogP contribution in [0.4, 0.5) is 11.4 Å². The van der Waals surface area contributed by atoms with Crippen LogP contribution in [0.1, 0.15) is 35.3 Å². The van der Waals surface area contributed by atoms with E-state index in [0.29, 0.717) is 34.0 Å². The molecule has 1 aliphatic rings. The number of carbonyl (C=O) groups excluding carboxylic acids is 2. The van der Waals surface area contributed by atoms with Gasteiger partial charge in [0.05, 0.1) is 22.5 Å². The highest BCUT2D eigenvalue weighted by molar-refractivity contribution is 6.32. The third-order valence-electron chi connectivity index (χ3n) is 5.64. The van der Waals surface area contributed by atoms with E-state index in [1.807, 2.05) is 30.3 Å². The molecule has 2 amide bonds. The number of carboxylic acids is 1. The van der Waals surface area contributed by atoms with Gasteiger partial charge in [0.2, 0.25) is 0 Å². The highest BCUT2D eigenvalue weighted by Gasteiger charge is 2.29. The van der Waals surface area contributed by atoms with Gasteiger partial charge in [-0.2, -0.15) is 10.1 Å². The molecule has 0 radical (unpaired) electrons. The molecule has 182 valence electrons. The number of rotatable bonds is 8. The lowest BCUT2D eigenvalue weighted by Crippen LogP contribution is -2.21. The standard InChI is InChI=1S/C28H25N3O5/c1-3-19-8-12-22(13-9-19)29-26(32)17-36-25-7-5-4-6-21(25)16-24-18(2)30-31(27(24)33)23-14-10-20(11-15-23)28(34)35/h4-16H,3,17H2,1-2H3,(H,29,32)(H,34,35)/b24-16-. The Morgan fingerprint density at radius 3 is 2.39 bits per heavy atom. The average molecular weight is 484 g/mol. The lowest BCUT2D eigenvalue weighted by Gasteiger charge is -2.12. The second-order valence-electron chi connectivity index (χ2n) is 8.14. The van der Waals surface area contributed by atoms with Crippen molar-refractivity contribution in [2.45, 2.75) is 20.3 Å². The second-order valence-corrected chi connectivity index (χ2v) is 8.14. The third-order valence-corrected chi connectivity index (χ3v) is 5.64. The molecule has 2 N–H and O–H groups in total. The minimum atomic E-state index is -1.05. The molecule has 0 spiro atoms. The average Bonchev–Trinajstić information content (AvgIpc) is 3.17. The van der Waals surface area contributed by atoms with Gasteiger partial charge in [-0.15, -0.1) is 0 Å². The molecule has 0 aliphatic carbocycles. The first-order valence-electron chi connectivity index (χ1n) is 11.4. The molecule has 8 heteroatoms. The Morgan fingerprint density at radius 1 is 1.03 bits per heavy atom. The summed E-state index contributed by atoms with van der Waals surface area (Å²) in [5.41, 5.74) is 3.95. The van der Waals surface area contributed by atoms with E-state index in [1.54, 1.807) is 31.2 Å². The molecule has 0 fully saturated rings. The van der Waals surface area contributed by atoms with Crippen LogP contribution in [0.3, 0.4) is 0 Å². The van der Waals surface area contributed by atoms with Crippen LogP contribution in [-0.2, 0) is 16.0 Å². The summed E-state index contributed by atoms with van der Waals surface area (Å²) in [6.45, 7) is 3.59. The summed E-state index contributed by atoms with van der Waals surface area (Å²) in [4.78, 5) is 36.6. The van der Waals surface area contributed by atoms with Gasteiger partial charge < -0.3 is 15.2 Å². The van der Waals surface area contributed by atoms with Gasteiger partial charge in [0.25, 0.3) is 11.8 Å². The van der Waals surface area contributed by atoms with E-state index < -0.39 is 5.97 Å². The second kappa shape index (κ2) is 10.7. The molecule has 3 aromatic carbocycles. The Bertz CT molecular complexity index is 1360. The van der Waals surface area contributed by atoms with Crippen molar-refractivity contribution in [2.24, 2.45) is 5.10 Å². The first-order chi connectivity index (χ1) is 17.4. The van der Waals surface area contributed by atoms with Crippen LogP contribution in [0, 0.1) is 0 Å². The monoisotopic (exact) mass is 483 g/mol. The van der Waals surface area contributed by atoms with Crippen molar-refractivity contribution in [1.29, 1.82) is 0 Å². The molecular weight excluding hydrogens is 458 g/mol. The number of carboxylic acid groups (broad SMARTS) is 1. The van der Waals surface area contributed by atoms with Crippen molar-refractivity contribution in [3.63, 3.8) is 0 Å². The van der Waals surface area contributed by atoms with Crippen LogP contribution in [0.5, 0.6) is 5.75 Å². The van der Waals surface area contributed by atoms with Gasteiger partial charge in [-0.3, -0.25) is 9.59 Å². The largest absolute Gasteiger partial charge is 0.483 e. The van der Waals surface area contributed by atoms with E-state index in [-0.39, 0.29) is 24.0 Å². The van der Waals surface area contributed by atoms with Crippen molar-refractivity contribution in [1.82, 2.24) is 0 Å². The highest BCUT2D eigenvalue weighted by atomic mass is 16.5. The molecule has 0 saturated heterocycles. The van der Waals surface area contributed by atoms with Crippen LogP contribution in [0.25, 0.3) is 6.08 Å². The summed E-state index contributed by atoms with van der Waals surface area (Å²) in [6.07, 6.45) is 2.59. The molecule has 0 bridgehead atoms. The summed E-state index contributed by atoms with van der Waals surface area (Å²) in [7, 11) is 0. The maximum absolute atomic E-state index is 13.1. The van der Waals surface area contributed by atoms with Gasteiger partial charge >= 0.3 is 5.97 Å². The van der Waals surface area contributed by atoms with Gasteiger partial charge in [-0.25, -0.2) is 4.79 Å². The number of nitrogens with one attached hydrogen (secondary N) is 1. The molecule has 0 unspecified atom stereocenters. The number of carbonyl (C=O) groups is 3. The zero-order valence-corrected chi connectivity index (χ0v) is 19.9. The molecular formula is C28H25N3O5. The van der Waals surface area contributed by atoms with Crippen molar-refractivity contribution >= 4 is 40.9 Å². The van der Waals surface area contributed by atoms with Crippen molar-refractivity contribution in [3.05, 3.63) is 95.1 Å². The third kappa shape index (κ3) is 5.50. The van der Waals surface area contributed by atoms with E-state index in [0.717, 1.165) is 6.42 Å². The number of amides is 2. The van der Waals surface area contributed by atoms with Crippen molar-refractivity contribution < 1.29 is 24.2 Å². The normalized spacial score (nSPS) is 14.1. The molecule has 0 aromatic heterocycles. The number of hydrogen-bond acceptors (Lipinski definition) is 5. The van der Waals surface area contributed by atoms with Gasteiger partial charge in [0.15, 0.2) is 6.61 Å². The molecule has 36 heavy (non-hydrogen) atoms. The zero-order valence-electron chi connectivity index (χ0n) is 19.9. The molecule has 0 atom stereocenters. The number of nitrogens with zero attached hydrogens (tertiary/aromatic N) is 2. The summed E-state index contributed by atoms with van der Waals surface area (Å²) in [6, 6.07) is 20.6. The van der Waals surface area contributed by atoms with Crippen LogP contribution in [-0.4, -0.2) is 35.2 Å². The maximum atomic E-state index is 13.1. The lowest BCUT2D eigenvalue weighted by atomic mass is 10.1. The lowest BCUT2D eigenvalue weighted by molar-refractivity contribution is -0.118. The smallest absolute Gasteiger partial charge is 0.335 e. The predicted octanol–water partition coefficient (Wildman–Crippen LogP) is 4.77. The predicted molar refractivity (Wildman–Crippen MR) is 138 cm³/mol. The number of para-hydroxylation sites is 1. The van der Waals surface area contributed by atoms with Gasteiger partial charge in [0, 0.05) is 11.3 Å². The SMILES string of the molecule is CCc1ccc(NC(=O)COc2ccccc2/C=C2\C(=O)N(c3ccc(C(=O)O)cc3)N=C2C)cc1. The number of ether oxygens (including phenoxy) is 1. The van der Waals surface area contributed by atoms with E-state index in [1.165, 1.54) is 34.8 Å². The molecule has 3 aromatic rings. The molecule has 0 saturated carbocycles. The first-order valence-corrected chi connectivity index (χ1v) is 11.4. The van der Waals surface area contributed by atoms with Crippen LogP contribution in [0.15, 0.2) is 83.5 Å². The van der Waals surface area contributed by atoms with E-state index in [4.69, 9.17) is 9.84 Å².